The van der Waals surface area contributed by atoms with Gasteiger partial charge in [0.05, 0.1) is 19.2 Å². The number of benzene rings is 1. The van der Waals surface area contributed by atoms with E-state index < -0.39 is 0 Å². The SMILES string of the molecule is COc1cc(CN=C(N)NC2CCC2)ccc1C#N. The fourth-order valence-corrected chi connectivity index (χ4v) is 1.91. The van der Waals surface area contributed by atoms with Crippen LogP contribution in [-0.2, 0) is 6.54 Å². The zero-order valence-corrected chi connectivity index (χ0v) is 11.0. The molecule has 0 spiro atoms. The molecule has 0 aliphatic heterocycles. The largest absolute Gasteiger partial charge is 0.495 e. The molecule has 0 heterocycles. The van der Waals surface area contributed by atoms with Gasteiger partial charge in [-0.3, -0.25) is 0 Å². The molecule has 1 aromatic carbocycles. The number of nitrogens with two attached hydrogens (primary N) is 1. The van der Waals surface area contributed by atoms with Crippen molar-refractivity contribution in [1.29, 1.82) is 5.26 Å². The fourth-order valence-electron chi connectivity index (χ4n) is 1.91. The first-order valence-corrected chi connectivity index (χ1v) is 6.36. The molecule has 1 aliphatic carbocycles. The summed E-state index contributed by atoms with van der Waals surface area (Å²) >= 11 is 0. The minimum Gasteiger partial charge on any atom is -0.495 e. The second-order valence-corrected chi connectivity index (χ2v) is 4.62. The number of nitrogens with one attached hydrogen (secondary N) is 1. The first kappa shape index (κ1) is 13.2. The molecule has 2 rings (SSSR count). The van der Waals surface area contributed by atoms with Gasteiger partial charge < -0.3 is 15.8 Å². The number of hydrogen-bond acceptors (Lipinski definition) is 3. The Kier molecular flexibility index (Phi) is 4.24. The lowest BCUT2D eigenvalue weighted by Crippen LogP contribution is -2.43. The first-order chi connectivity index (χ1) is 9.22. The van der Waals surface area contributed by atoms with E-state index in [1.807, 2.05) is 12.1 Å². The van der Waals surface area contributed by atoms with Gasteiger partial charge >= 0.3 is 0 Å². The zero-order chi connectivity index (χ0) is 13.7. The van der Waals surface area contributed by atoms with Crippen molar-refractivity contribution < 1.29 is 4.74 Å². The molecule has 0 unspecified atom stereocenters. The van der Waals surface area contributed by atoms with E-state index in [0.717, 1.165) is 5.56 Å². The molecule has 1 fully saturated rings. The summed E-state index contributed by atoms with van der Waals surface area (Å²) in [5.41, 5.74) is 7.30. The second kappa shape index (κ2) is 6.10. The van der Waals surface area contributed by atoms with Crippen LogP contribution in [0.5, 0.6) is 5.75 Å². The van der Waals surface area contributed by atoms with Gasteiger partial charge in [0.2, 0.25) is 0 Å². The van der Waals surface area contributed by atoms with Gasteiger partial charge in [0.25, 0.3) is 0 Å². The summed E-state index contributed by atoms with van der Waals surface area (Å²) in [5, 5.41) is 12.1. The minimum atomic E-state index is 0.480. The summed E-state index contributed by atoms with van der Waals surface area (Å²) in [5.74, 6) is 1.05. The van der Waals surface area contributed by atoms with Gasteiger partial charge in [0.1, 0.15) is 11.8 Å². The lowest BCUT2D eigenvalue weighted by atomic mass is 9.93. The number of aliphatic imine (C=N–C) groups is 1. The third-order valence-corrected chi connectivity index (χ3v) is 3.28. The molecular weight excluding hydrogens is 240 g/mol. The molecule has 0 aromatic heterocycles. The highest BCUT2D eigenvalue weighted by atomic mass is 16.5. The van der Waals surface area contributed by atoms with E-state index in [0.29, 0.717) is 29.9 Å². The van der Waals surface area contributed by atoms with Gasteiger partial charge in [-0.05, 0) is 37.0 Å². The van der Waals surface area contributed by atoms with Crippen LogP contribution in [0.1, 0.15) is 30.4 Å². The highest BCUT2D eigenvalue weighted by Crippen LogP contribution is 2.20. The van der Waals surface area contributed by atoms with Gasteiger partial charge in [0.15, 0.2) is 5.96 Å². The van der Waals surface area contributed by atoms with Gasteiger partial charge in [-0.1, -0.05) is 6.07 Å². The maximum Gasteiger partial charge on any atom is 0.189 e. The molecule has 19 heavy (non-hydrogen) atoms. The van der Waals surface area contributed by atoms with Crippen LogP contribution in [0.4, 0.5) is 0 Å². The van der Waals surface area contributed by atoms with E-state index in [-0.39, 0.29) is 0 Å². The van der Waals surface area contributed by atoms with Crippen molar-refractivity contribution in [1.82, 2.24) is 5.32 Å². The van der Waals surface area contributed by atoms with Crippen LogP contribution >= 0.6 is 0 Å². The molecule has 100 valence electrons. The number of methoxy groups -OCH3 is 1. The van der Waals surface area contributed by atoms with Gasteiger partial charge in [-0.2, -0.15) is 5.26 Å². The molecule has 1 aromatic rings. The normalized spacial score (nSPS) is 15.5. The Bertz CT molecular complexity index is 515. The van der Waals surface area contributed by atoms with E-state index in [2.05, 4.69) is 16.4 Å². The monoisotopic (exact) mass is 258 g/mol. The maximum atomic E-state index is 8.90. The molecule has 5 nitrogen and oxygen atoms in total. The quantitative estimate of drug-likeness (QED) is 0.633. The summed E-state index contributed by atoms with van der Waals surface area (Å²) in [4.78, 5) is 4.29. The maximum absolute atomic E-state index is 8.90. The van der Waals surface area contributed by atoms with Crippen LogP contribution in [0, 0.1) is 11.3 Å². The van der Waals surface area contributed by atoms with Crippen molar-refractivity contribution in [3.63, 3.8) is 0 Å². The van der Waals surface area contributed by atoms with Crippen LogP contribution in [0.15, 0.2) is 23.2 Å². The highest BCUT2D eigenvalue weighted by molar-refractivity contribution is 5.78. The van der Waals surface area contributed by atoms with Crippen molar-refractivity contribution in [3.8, 4) is 11.8 Å². The molecule has 0 saturated heterocycles. The average molecular weight is 258 g/mol. The summed E-state index contributed by atoms with van der Waals surface area (Å²) in [6, 6.07) is 7.98. The highest BCUT2D eigenvalue weighted by Gasteiger charge is 2.17. The Morgan fingerprint density at radius 1 is 1.58 bits per heavy atom. The Morgan fingerprint density at radius 3 is 2.95 bits per heavy atom. The lowest BCUT2D eigenvalue weighted by Gasteiger charge is -2.26. The third-order valence-electron chi connectivity index (χ3n) is 3.28. The van der Waals surface area contributed by atoms with E-state index in [9.17, 15) is 0 Å². The summed E-state index contributed by atoms with van der Waals surface area (Å²) in [6.45, 7) is 0.480. The van der Waals surface area contributed by atoms with E-state index in [1.54, 1.807) is 13.2 Å². The van der Waals surface area contributed by atoms with Crippen LogP contribution in [-0.4, -0.2) is 19.1 Å². The predicted octanol–water partition coefficient (Wildman–Crippen LogP) is 1.52. The van der Waals surface area contributed by atoms with Crippen molar-refractivity contribution in [2.24, 2.45) is 10.7 Å². The van der Waals surface area contributed by atoms with Crippen LogP contribution < -0.4 is 15.8 Å². The molecule has 0 amide bonds. The number of hydrogen-bond donors (Lipinski definition) is 2. The minimum absolute atomic E-state index is 0.480. The molecule has 0 radical (unpaired) electrons. The summed E-state index contributed by atoms with van der Waals surface area (Å²) in [7, 11) is 1.55. The summed E-state index contributed by atoms with van der Waals surface area (Å²) in [6.07, 6.45) is 3.60. The molecule has 0 atom stereocenters. The average Bonchev–Trinajstić information content (AvgIpc) is 2.40. The van der Waals surface area contributed by atoms with Gasteiger partial charge in [-0.15, -0.1) is 0 Å². The zero-order valence-electron chi connectivity index (χ0n) is 11.0. The second-order valence-electron chi connectivity index (χ2n) is 4.62. The van der Waals surface area contributed by atoms with Crippen LogP contribution in [0.25, 0.3) is 0 Å². The Hall–Kier alpha value is -2.22. The van der Waals surface area contributed by atoms with Gasteiger partial charge in [-0.25, -0.2) is 4.99 Å². The lowest BCUT2D eigenvalue weighted by molar-refractivity contribution is 0.382. The molecule has 1 saturated carbocycles. The third kappa shape index (κ3) is 3.38. The van der Waals surface area contributed by atoms with Crippen molar-refractivity contribution >= 4 is 5.96 Å². The fraction of sp³-hybridized carbons (Fsp3) is 0.429. The summed E-state index contributed by atoms with van der Waals surface area (Å²) < 4.78 is 5.16. The predicted molar refractivity (Wildman–Crippen MR) is 73.8 cm³/mol. The number of ether oxygens (including phenoxy) is 1. The van der Waals surface area contributed by atoms with E-state index in [4.69, 9.17) is 15.7 Å². The van der Waals surface area contributed by atoms with E-state index >= 15 is 0 Å². The molecule has 1 aliphatic rings. The smallest absolute Gasteiger partial charge is 0.189 e. The standard InChI is InChI=1S/C14H18N4O/c1-19-13-7-10(5-6-11(13)8-15)9-17-14(16)18-12-3-2-4-12/h5-7,12H,2-4,9H2,1H3,(H3,16,17,18). The van der Waals surface area contributed by atoms with Crippen molar-refractivity contribution in [2.45, 2.75) is 31.8 Å². The van der Waals surface area contributed by atoms with Crippen molar-refractivity contribution in [3.05, 3.63) is 29.3 Å². The van der Waals surface area contributed by atoms with Crippen molar-refractivity contribution in [2.75, 3.05) is 7.11 Å². The van der Waals surface area contributed by atoms with Crippen LogP contribution in [0.2, 0.25) is 0 Å². The van der Waals surface area contributed by atoms with Gasteiger partial charge in [0, 0.05) is 6.04 Å². The molecule has 3 N–H and O–H groups in total. The van der Waals surface area contributed by atoms with Crippen LogP contribution in [0.3, 0.4) is 0 Å². The first-order valence-electron chi connectivity index (χ1n) is 6.36. The molecular formula is C14H18N4O. The molecule has 5 heteroatoms. The Balaban J connectivity index is 1.98. The number of nitrogens with zero attached hydrogens (tertiary/aromatic N) is 2. The molecule has 0 bridgehead atoms. The Morgan fingerprint density at radius 2 is 2.37 bits per heavy atom. The van der Waals surface area contributed by atoms with E-state index in [1.165, 1.54) is 19.3 Å². The number of guanidine groups is 1. The number of rotatable bonds is 4. The topological polar surface area (TPSA) is 83.4 Å². The number of nitriles is 1. The Labute approximate surface area is 113 Å².